The first-order chi connectivity index (χ1) is 10.8. The van der Waals surface area contributed by atoms with Crippen LogP contribution in [0.1, 0.15) is 51.3 Å². The third-order valence-corrected chi connectivity index (χ3v) is 5.03. The first kappa shape index (κ1) is 17.8. The summed E-state index contributed by atoms with van der Waals surface area (Å²) in [5.74, 6) is -0.0396. The zero-order valence-electron chi connectivity index (χ0n) is 14.4. The summed E-state index contributed by atoms with van der Waals surface area (Å²) in [6.45, 7) is 9.23. The van der Waals surface area contributed by atoms with E-state index in [2.05, 4.69) is 10.6 Å². The molecule has 1 unspecified atom stereocenters. The van der Waals surface area contributed by atoms with E-state index in [9.17, 15) is 9.59 Å². The quantitative estimate of drug-likeness (QED) is 0.891. The second-order valence-electron chi connectivity index (χ2n) is 7.19. The van der Waals surface area contributed by atoms with Gasteiger partial charge in [-0.05, 0) is 52.0 Å². The zero-order chi connectivity index (χ0) is 17.0. The second kappa shape index (κ2) is 7.34. The summed E-state index contributed by atoms with van der Waals surface area (Å²) in [4.78, 5) is 27.4. The van der Waals surface area contributed by atoms with Gasteiger partial charge < -0.3 is 15.5 Å². The van der Waals surface area contributed by atoms with Gasteiger partial charge in [-0.2, -0.15) is 0 Å². The Labute approximate surface area is 142 Å². The van der Waals surface area contributed by atoms with Gasteiger partial charge in [-0.1, -0.05) is 6.07 Å². The Balaban J connectivity index is 1.78. The van der Waals surface area contributed by atoms with Crippen LogP contribution in [0.25, 0.3) is 0 Å². The van der Waals surface area contributed by atoms with E-state index in [0.29, 0.717) is 13.1 Å². The molecule has 0 radical (unpaired) electrons. The number of rotatable bonds is 3. The van der Waals surface area contributed by atoms with Gasteiger partial charge in [0, 0.05) is 29.5 Å². The molecule has 0 bridgehead atoms. The van der Waals surface area contributed by atoms with E-state index in [1.165, 1.54) is 0 Å². The Hall–Kier alpha value is -1.56. The van der Waals surface area contributed by atoms with Crippen LogP contribution in [0, 0.1) is 0 Å². The fourth-order valence-electron chi connectivity index (χ4n) is 2.62. The number of carbonyl (C=O) groups is 2. The number of amides is 3. The van der Waals surface area contributed by atoms with Crippen molar-refractivity contribution in [2.45, 2.75) is 58.0 Å². The first-order valence-corrected chi connectivity index (χ1v) is 9.05. The maximum atomic E-state index is 12.3. The molecule has 2 rings (SSSR count). The molecule has 1 atom stereocenters. The van der Waals surface area contributed by atoms with Crippen molar-refractivity contribution < 1.29 is 9.59 Å². The molecule has 0 aliphatic carbocycles. The molecule has 1 saturated heterocycles. The largest absolute Gasteiger partial charge is 0.353 e. The number of hydrogen-bond donors (Lipinski definition) is 2. The summed E-state index contributed by atoms with van der Waals surface area (Å²) < 4.78 is 0. The summed E-state index contributed by atoms with van der Waals surface area (Å²) in [6.07, 6.45) is 1.61. The van der Waals surface area contributed by atoms with Gasteiger partial charge in [-0.25, -0.2) is 4.79 Å². The Bertz CT molecular complexity index is 529. The lowest BCUT2D eigenvalue weighted by Crippen LogP contribution is -2.53. The minimum absolute atomic E-state index is 0.0192. The number of nitrogens with zero attached hydrogens (tertiary/aromatic N) is 1. The predicted octanol–water partition coefficient (Wildman–Crippen LogP) is 2.94. The van der Waals surface area contributed by atoms with Crippen LogP contribution < -0.4 is 10.6 Å². The average Bonchev–Trinajstić information content (AvgIpc) is 2.99. The molecule has 1 aliphatic rings. The van der Waals surface area contributed by atoms with E-state index < -0.39 is 0 Å². The molecule has 128 valence electrons. The van der Waals surface area contributed by atoms with Crippen molar-refractivity contribution >= 4 is 23.3 Å². The summed E-state index contributed by atoms with van der Waals surface area (Å²) in [5, 5.41) is 8.10. The van der Waals surface area contributed by atoms with E-state index in [-0.39, 0.29) is 29.4 Å². The number of carbonyl (C=O) groups excluding carboxylic acids is 2. The summed E-state index contributed by atoms with van der Waals surface area (Å²) in [6, 6.07) is 4.10. The number of piperidine rings is 1. The maximum Gasteiger partial charge on any atom is 0.317 e. The van der Waals surface area contributed by atoms with Crippen LogP contribution in [0.4, 0.5) is 4.79 Å². The van der Waals surface area contributed by atoms with Crippen molar-refractivity contribution in [3.05, 3.63) is 22.4 Å². The summed E-state index contributed by atoms with van der Waals surface area (Å²) in [7, 11) is 0. The van der Waals surface area contributed by atoms with E-state index in [0.717, 1.165) is 17.7 Å². The minimum Gasteiger partial charge on any atom is -0.353 e. The Morgan fingerprint density at radius 1 is 1.30 bits per heavy atom. The second-order valence-corrected chi connectivity index (χ2v) is 8.17. The van der Waals surface area contributed by atoms with E-state index in [1.807, 2.05) is 50.1 Å². The van der Waals surface area contributed by atoms with Crippen LogP contribution in [-0.4, -0.2) is 41.5 Å². The molecule has 23 heavy (non-hydrogen) atoms. The number of thiophene rings is 1. The fourth-order valence-corrected chi connectivity index (χ4v) is 3.40. The van der Waals surface area contributed by atoms with Crippen molar-refractivity contribution in [2.24, 2.45) is 0 Å². The Kier molecular flexibility index (Phi) is 5.68. The van der Waals surface area contributed by atoms with Gasteiger partial charge in [0.25, 0.3) is 0 Å². The van der Waals surface area contributed by atoms with Crippen LogP contribution in [0.15, 0.2) is 17.5 Å². The predicted molar refractivity (Wildman–Crippen MR) is 93.8 cm³/mol. The van der Waals surface area contributed by atoms with Gasteiger partial charge >= 0.3 is 6.03 Å². The number of hydrogen-bond acceptors (Lipinski definition) is 3. The number of nitrogens with one attached hydrogen (secondary N) is 2. The minimum atomic E-state index is -0.224. The average molecular weight is 337 g/mol. The maximum absolute atomic E-state index is 12.3. The third-order valence-electron chi connectivity index (χ3n) is 3.97. The molecule has 3 amide bonds. The molecule has 0 spiro atoms. The Morgan fingerprint density at radius 3 is 2.48 bits per heavy atom. The van der Waals surface area contributed by atoms with Crippen LogP contribution in [-0.2, 0) is 4.79 Å². The smallest absolute Gasteiger partial charge is 0.317 e. The molecule has 0 aromatic carbocycles. The van der Waals surface area contributed by atoms with Gasteiger partial charge in [0.2, 0.25) is 5.91 Å². The molecule has 1 aromatic rings. The Morgan fingerprint density at radius 2 is 1.96 bits per heavy atom. The van der Waals surface area contributed by atoms with Gasteiger partial charge in [0.15, 0.2) is 0 Å². The monoisotopic (exact) mass is 337 g/mol. The van der Waals surface area contributed by atoms with E-state index >= 15 is 0 Å². The molecule has 1 fully saturated rings. The molecular formula is C17H27N3O2S. The van der Waals surface area contributed by atoms with Crippen LogP contribution in [0.3, 0.4) is 0 Å². The molecule has 5 nitrogen and oxygen atoms in total. The van der Waals surface area contributed by atoms with Crippen molar-refractivity contribution in [3.8, 4) is 0 Å². The molecular weight excluding hydrogens is 310 g/mol. The van der Waals surface area contributed by atoms with Crippen molar-refractivity contribution in [1.82, 2.24) is 15.5 Å². The highest BCUT2D eigenvalue weighted by molar-refractivity contribution is 7.10. The number of urea groups is 1. The van der Waals surface area contributed by atoms with Gasteiger partial charge in [0.05, 0.1) is 5.92 Å². The van der Waals surface area contributed by atoms with Crippen molar-refractivity contribution in [3.63, 3.8) is 0 Å². The van der Waals surface area contributed by atoms with Gasteiger partial charge in [-0.15, -0.1) is 11.3 Å². The van der Waals surface area contributed by atoms with Crippen LogP contribution >= 0.6 is 11.3 Å². The SMILES string of the molecule is CC(C(=O)NC1CCN(C(=O)NC(C)(C)C)CC1)c1cccs1. The normalized spacial score (nSPS) is 17.7. The summed E-state index contributed by atoms with van der Waals surface area (Å²) >= 11 is 1.61. The first-order valence-electron chi connectivity index (χ1n) is 8.17. The molecule has 1 aromatic heterocycles. The summed E-state index contributed by atoms with van der Waals surface area (Å²) in [5.41, 5.74) is -0.224. The third kappa shape index (κ3) is 5.23. The number of likely N-dealkylation sites (tertiary alicyclic amines) is 1. The highest BCUT2D eigenvalue weighted by Gasteiger charge is 2.27. The van der Waals surface area contributed by atoms with Gasteiger partial charge in [-0.3, -0.25) is 4.79 Å². The van der Waals surface area contributed by atoms with E-state index in [1.54, 1.807) is 11.3 Å². The lowest BCUT2D eigenvalue weighted by molar-refractivity contribution is -0.123. The molecule has 6 heteroatoms. The molecule has 0 saturated carbocycles. The molecule has 2 N–H and O–H groups in total. The topological polar surface area (TPSA) is 61.4 Å². The standard InChI is InChI=1S/C17H27N3O2S/c1-12(14-6-5-11-23-14)15(21)18-13-7-9-20(10-8-13)16(22)19-17(2,3)4/h5-6,11-13H,7-10H2,1-4H3,(H,18,21)(H,19,22). The van der Waals surface area contributed by atoms with Crippen molar-refractivity contribution in [1.29, 1.82) is 0 Å². The highest BCUT2D eigenvalue weighted by Crippen LogP contribution is 2.21. The lowest BCUT2D eigenvalue weighted by atomic mass is 10.0. The van der Waals surface area contributed by atoms with Crippen LogP contribution in [0.2, 0.25) is 0 Å². The van der Waals surface area contributed by atoms with Gasteiger partial charge in [0.1, 0.15) is 0 Å². The van der Waals surface area contributed by atoms with Crippen LogP contribution in [0.5, 0.6) is 0 Å². The lowest BCUT2D eigenvalue weighted by Gasteiger charge is -2.34. The molecule has 2 heterocycles. The van der Waals surface area contributed by atoms with Crippen molar-refractivity contribution in [2.75, 3.05) is 13.1 Å². The fraction of sp³-hybridized carbons (Fsp3) is 0.647. The highest BCUT2D eigenvalue weighted by atomic mass is 32.1. The molecule has 1 aliphatic heterocycles. The van der Waals surface area contributed by atoms with E-state index in [4.69, 9.17) is 0 Å². The zero-order valence-corrected chi connectivity index (χ0v) is 15.2.